The zero-order chi connectivity index (χ0) is 25.1. The number of fused-ring (bicyclic) bond motifs is 1. The lowest BCUT2D eigenvalue weighted by atomic mass is 9.98. The molecular formula is C28H29FN4O3. The van der Waals surface area contributed by atoms with Crippen LogP contribution in [0.2, 0.25) is 0 Å². The summed E-state index contributed by atoms with van der Waals surface area (Å²) in [5.41, 5.74) is 7.04. The summed E-state index contributed by atoms with van der Waals surface area (Å²) in [5.74, 6) is 2.55. The molecule has 186 valence electrons. The van der Waals surface area contributed by atoms with Crippen LogP contribution < -0.4 is 19.9 Å². The molecule has 1 aliphatic rings. The zero-order valence-corrected chi connectivity index (χ0v) is 20.4. The molecule has 0 bridgehead atoms. The molecule has 2 heterocycles. The summed E-state index contributed by atoms with van der Waals surface area (Å²) >= 11 is 0. The van der Waals surface area contributed by atoms with E-state index in [-0.39, 0.29) is 17.2 Å². The Balaban J connectivity index is 1.42. The average Bonchev–Trinajstić information content (AvgIpc) is 2.88. The van der Waals surface area contributed by atoms with Gasteiger partial charge in [0.1, 0.15) is 23.1 Å². The second kappa shape index (κ2) is 10.4. The molecule has 1 saturated heterocycles. The average molecular weight is 489 g/mol. The molecule has 1 fully saturated rings. The molecule has 7 nitrogen and oxygen atoms in total. The number of hydrogen-bond acceptors (Lipinski definition) is 7. The van der Waals surface area contributed by atoms with Gasteiger partial charge in [0, 0.05) is 17.5 Å². The fourth-order valence-electron chi connectivity index (χ4n) is 4.35. The number of para-hydroxylation sites is 1. The summed E-state index contributed by atoms with van der Waals surface area (Å²) in [6, 6.07) is 17.4. The van der Waals surface area contributed by atoms with Crippen molar-refractivity contribution in [2.45, 2.75) is 12.8 Å². The first kappa shape index (κ1) is 23.8. The van der Waals surface area contributed by atoms with Crippen molar-refractivity contribution in [1.29, 1.82) is 0 Å². The molecule has 4 aromatic rings. The van der Waals surface area contributed by atoms with Crippen molar-refractivity contribution in [3.8, 4) is 34.4 Å². The first-order chi connectivity index (χ1) is 17.5. The third-order valence-electron chi connectivity index (χ3n) is 6.48. The molecule has 0 saturated carbocycles. The Morgan fingerprint density at radius 3 is 2.47 bits per heavy atom. The summed E-state index contributed by atoms with van der Waals surface area (Å²) in [7, 11) is 3.72. The van der Waals surface area contributed by atoms with Gasteiger partial charge in [-0.15, -0.1) is 0 Å². The van der Waals surface area contributed by atoms with Gasteiger partial charge in [0.2, 0.25) is 0 Å². The first-order valence-electron chi connectivity index (χ1n) is 12.0. The van der Waals surface area contributed by atoms with Gasteiger partial charge in [-0.25, -0.2) is 14.4 Å². The number of hydrogen-bond donors (Lipinski definition) is 1. The van der Waals surface area contributed by atoms with Crippen molar-refractivity contribution >= 4 is 16.7 Å². The Kier molecular flexibility index (Phi) is 6.86. The topological polar surface area (TPSA) is 82.7 Å². The highest BCUT2D eigenvalue weighted by atomic mass is 19.1. The number of anilines is 1. The minimum atomic E-state index is -0.505. The van der Waals surface area contributed by atoms with Crippen LogP contribution >= 0.6 is 0 Å². The van der Waals surface area contributed by atoms with E-state index in [9.17, 15) is 0 Å². The number of methoxy groups -OCH3 is 1. The van der Waals surface area contributed by atoms with E-state index < -0.39 is 5.82 Å². The Labute approximate surface area is 209 Å². The minimum absolute atomic E-state index is 0.190. The molecule has 0 aliphatic carbocycles. The highest BCUT2D eigenvalue weighted by molar-refractivity contribution is 5.92. The maximum atomic E-state index is 15.1. The van der Waals surface area contributed by atoms with Gasteiger partial charge in [-0.3, -0.25) is 0 Å². The van der Waals surface area contributed by atoms with Crippen molar-refractivity contribution < 1.29 is 18.6 Å². The number of benzene rings is 3. The molecule has 0 spiro atoms. The van der Waals surface area contributed by atoms with Gasteiger partial charge in [0.15, 0.2) is 17.3 Å². The number of nitrogen functional groups attached to an aromatic ring is 1. The Hall–Kier alpha value is -3.91. The van der Waals surface area contributed by atoms with Gasteiger partial charge >= 0.3 is 0 Å². The number of piperidine rings is 1. The van der Waals surface area contributed by atoms with Crippen LogP contribution in [-0.2, 0) is 0 Å². The normalized spacial score (nSPS) is 14.6. The lowest BCUT2D eigenvalue weighted by Gasteiger charge is -2.28. The maximum Gasteiger partial charge on any atom is 0.165 e. The van der Waals surface area contributed by atoms with E-state index in [0.717, 1.165) is 25.9 Å². The third kappa shape index (κ3) is 5.18. The predicted molar refractivity (Wildman–Crippen MR) is 138 cm³/mol. The van der Waals surface area contributed by atoms with Gasteiger partial charge in [-0.1, -0.05) is 18.2 Å². The van der Waals surface area contributed by atoms with Crippen LogP contribution in [0.3, 0.4) is 0 Å². The van der Waals surface area contributed by atoms with Crippen molar-refractivity contribution in [2.75, 3.05) is 39.6 Å². The lowest BCUT2D eigenvalue weighted by molar-refractivity contribution is 0.157. The fourth-order valence-corrected chi connectivity index (χ4v) is 4.35. The third-order valence-corrected chi connectivity index (χ3v) is 6.48. The maximum absolute atomic E-state index is 15.1. The van der Waals surface area contributed by atoms with E-state index in [2.05, 4.69) is 21.9 Å². The Morgan fingerprint density at radius 2 is 1.75 bits per heavy atom. The molecular weight excluding hydrogens is 459 g/mol. The van der Waals surface area contributed by atoms with E-state index in [0.29, 0.717) is 46.4 Å². The summed E-state index contributed by atoms with van der Waals surface area (Å²) < 4.78 is 32.5. The molecule has 36 heavy (non-hydrogen) atoms. The predicted octanol–water partition coefficient (Wildman–Crippen LogP) is 5.54. The quantitative estimate of drug-likeness (QED) is 0.366. The van der Waals surface area contributed by atoms with Crippen LogP contribution in [0, 0.1) is 11.7 Å². The summed E-state index contributed by atoms with van der Waals surface area (Å²) in [4.78, 5) is 11.3. The van der Waals surface area contributed by atoms with E-state index in [1.165, 1.54) is 6.07 Å². The van der Waals surface area contributed by atoms with E-state index >= 15 is 4.39 Å². The molecule has 1 aliphatic heterocycles. The van der Waals surface area contributed by atoms with Gasteiger partial charge < -0.3 is 24.8 Å². The number of halogens is 1. The molecule has 0 unspecified atom stereocenters. The largest absolute Gasteiger partial charge is 0.493 e. The van der Waals surface area contributed by atoms with Crippen molar-refractivity contribution in [1.82, 2.24) is 14.9 Å². The number of nitrogens with zero attached hydrogens (tertiary/aromatic N) is 3. The summed E-state index contributed by atoms with van der Waals surface area (Å²) in [5, 5.41) is 0.617. The molecule has 1 aromatic heterocycles. The van der Waals surface area contributed by atoms with Crippen molar-refractivity contribution in [3.63, 3.8) is 0 Å². The molecule has 5 rings (SSSR count). The SMILES string of the molecule is COc1cc2c(N)nc(-c3ccc(Oc4ccccc4)cc3F)nc2cc1OCC1CCN(C)CC1. The standard InChI is InChI=1S/C28H29FN4O3/c1-33-12-10-18(11-13-33)17-35-26-16-24-22(15-25(26)34-2)27(30)32-28(31-24)21-9-8-20(14-23(21)29)36-19-6-4-3-5-7-19/h3-9,14-16,18H,10-13,17H2,1-2H3,(H2,30,31,32). The minimum Gasteiger partial charge on any atom is -0.493 e. The van der Waals surface area contributed by atoms with Crippen LogP contribution in [0.4, 0.5) is 10.2 Å². The van der Waals surface area contributed by atoms with Crippen molar-refractivity contribution in [2.24, 2.45) is 5.92 Å². The lowest BCUT2D eigenvalue weighted by Crippen LogP contribution is -2.32. The summed E-state index contributed by atoms with van der Waals surface area (Å²) in [6.07, 6.45) is 2.18. The summed E-state index contributed by atoms with van der Waals surface area (Å²) in [6.45, 7) is 2.73. The van der Waals surface area contributed by atoms with Crippen LogP contribution in [0.25, 0.3) is 22.3 Å². The fraction of sp³-hybridized carbons (Fsp3) is 0.286. The monoisotopic (exact) mass is 488 g/mol. The Morgan fingerprint density at radius 1 is 0.972 bits per heavy atom. The van der Waals surface area contributed by atoms with Crippen LogP contribution in [0.1, 0.15) is 12.8 Å². The number of aromatic nitrogens is 2. The molecule has 0 radical (unpaired) electrons. The number of nitrogens with two attached hydrogens (primary N) is 1. The molecule has 8 heteroatoms. The van der Waals surface area contributed by atoms with Gasteiger partial charge in [0.25, 0.3) is 0 Å². The molecule has 2 N–H and O–H groups in total. The highest BCUT2D eigenvalue weighted by Crippen LogP contribution is 2.36. The van der Waals surface area contributed by atoms with Crippen LogP contribution in [0.5, 0.6) is 23.0 Å². The molecule has 0 atom stereocenters. The van der Waals surface area contributed by atoms with Gasteiger partial charge in [-0.05, 0) is 69.2 Å². The van der Waals surface area contributed by atoms with E-state index in [4.69, 9.17) is 19.9 Å². The smallest absolute Gasteiger partial charge is 0.165 e. The first-order valence-corrected chi connectivity index (χ1v) is 12.0. The number of rotatable bonds is 7. The van der Waals surface area contributed by atoms with Gasteiger partial charge in [0.05, 0.1) is 24.8 Å². The second-order valence-electron chi connectivity index (χ2n) is 9.07. The van der Waals surface area contributed by atoms with Crippen molar-refractivity contribution in [3.05, 3.63) is 66.5 Å². The van der Waals surface area contributed by atoms with E-state index in [1.807, 2.05) is 18.2 Å². The second-order valence-corrected chi connectivity index (χ2v) is 9.07. The van der Waals surface area contributed by atoms with Gasteiger partial charge in [-0.2, -0.15) is 0 Å². The molecule has 3 aromatic carbocycles. The number of likely N-dealkylation sites (tertiary alicyclic amines) is 1. The number of ether oxygens (including phenoxy) is 3. The molecule has 0 amide bonds. The van der Waals surface area contributed by atoms with Crippen LogP contribution in [-0.4, -0.2) is 48.7 Å². The highest BCUT2D eigenvalue weighted by Gasteiger charge is 2.20. The Bertz CT molecular complexity index is 1360. The zero-order valence-electron chi connectivity index (χ0n) is 20.4. The van der Waals surface area contributed by atoms with Crippen LogP contribution in [0.15, 0.2) is 60.7 Å². The van der Waals surface area contributed by atoms with E-state index in [1.54, 1.807) is 43.5 Å².